The average Bonchev–Trinajstić information content (AvgIpc) is 3.42. The maximum Gasteiger partial charge on any atom is 0.427 e. The lowest BCUT2D eigenvalue weighted by molar-refractivity contribution is 0.0665. The Morgan fingerprint density at radius 2 is 1.26 bits per heavy atom. The average molecular weight is 586 g/mol. The molecule has 2 aliphatic rings. The molecule has 9 nitrogen and oxygen atoms in total. The van der Waals surface area contributed by atoms with Gasteiger partial charge in [0.05, 0.1) is 0 Å². The van der Waals surface area contributed by atoms with Crippen molar-refractivity contribution in [2.75, 3.05) is 32.7 Å². The number of benzene rings is 1. The van der Waals surface area contributed by atoms with E-state index in [9.17, 15) is 14.4 Å². The number of hydrogen-bond acceptors (Lipinski definition) is 5. The minimum atomic E-state index is -0.486. The maximum atomic E-state index is 12.9. The van der Waals surface area contributed by atoms with Gasteiger partial charge in [-0.25, -0.2) is 9.59 Å². The van der Waals surface area contributed by atoms with Crippen LogP contribution in [0.25, 0.3) is 0 Å². The van der Waals surface area contributed by atoms with Crippen molar-refractivity contribution >= 4 is 18.0 Å². The fourth-order valence-corrected chi connectivity index (χ4v) is 5.71. The molecule has 0 spiro atoms. The molecule has 0 aliphatic carbocycles. The van der Waals surface area contributed by atoms with E-state index in [0.717, 1.165) is 18.5 Å². The Balaban J connectivity index is 1.14. The molecular weight excluding hydrogens is 530 g/mol. The van der Waals surface area contributed by atoms with Gasteiger partial charge >= 0.3 is 12.1 Å². The SMILES string of the molecule is CCCCCCCCCCCCCCCCCCNC(=O)N1CCN(C(=O)c2ccc(CC3NOC(=O)N3)cc2)CC1. The molecule has 2 fully saturated rings. The number of amides is 4. The van der Waals surface area contributed by atoms with Gasteiger partial charge in [0.2, 0.25) is 0 Å². The van der Waals surface area contributed by atoms with E-state index < -0.39 is 6.09 Å². The number of rotatable bonds is 20. The van der Waals surface area contributed by atoms with Gasteiger partial charge in [-0.05, 0) is 24.1 Å². The third kappa shape index (κ3) is 13.0. The van der Waals surface area contributed by atoms with Gasteiger partial charge in [-0.15, -0.1) is 5.48 Å². The molecule has 2 heterocycles. The standard InChI is InChI=1S/C33H55N5O4/c1-2-3-4-5-6-7-8-9-10-11-12-13-14-15-16-17-22-34-32(40)38-25-23-37(24-26-38)31(39)29-20-18-28(19-21-29)27-30-35-33(41)42-36-30/h18-21,30,36H,2-17,22-27H2,1H3,(H,34,40)(H,35,41). The maximum absolute atomic E-state index is 12.9. The molecule has 2 aliphatic heterocycles. The highest BCUT2D eigenvalue weighted by Crippen LogP contribution is 2.15. The molecular formula is C33H55N5O4. The van der Waals surface area contributed by atoms with Crippen molar-refractivity contribution in [3.05, 3.63) is 35.4 Å². The summed E-state index contributed by atoms with van der Waals surface area (Å²) >= 11 is 0. The van der Waals surface area contributed by atoms with Crippen LogP contribution in [-0.2, 0) is 11.3 Å². The minimum Gasteiger partial charge on any atom is -0.352 e. The summed E-state index contributed by atoms with van der Waals surface area (Å²) in [6.45, 7) is 5.14. The summed E-state index contributed by atoms with van der Waals surface area (Å²) in [6.07, 6.45) is 21.3. The zero-order valence-electron chi connectivity index (χ0n) is 26.0. The number of hydrogen-bond donors (Lipinski definition) is 3. The van der Waals surface area contributed by atoms with Crippen LogP contribution in [-0.4, -0.2) is 66.7 Å². The monoisotopic (exact) mass is 585 g/mol. The van der Waals surface area contributed by atoms with Gasteiger partial charge < -0.3 is 25.3 Å². The van der Waals surface area contributed by atoms with Crippen molar-refractivity contribution in [2.45, 2.75) is 122 Å². The lowest BCUT2D eigenvalue weighted by Gasteiger charge is -2.34. The number of urea groups is 1. The first kappa shape index (κ1) is 33.7. The van der Waals surface area contributed by atoms with Crippen LogP contribution in [0.1, 0.15) is 126 Å². The van der Waals surface area contributed by atoms with Crippen LogP contribution >= 0.6 is 0 Å². The Bertz CT molecular complexity index is 918. The highest BCUT2D eigenvalue weighted by Gasteiger charge is 2.25. The van der Waals surface area contributed by atoms with E-state index in [1.165, 1.54) is 96.3 Å². The number of nitrogens with one attached hydrogen (secondary N) is 3. The lowest BCUT2D eigenvalue weighted by Crippen LogP contribution is -2.53. The van der Waals surface area contributed by atoms with Gasteiger partial charge in [0.25, 0.3) is 5.91 Å². The first-order chi connectivity index (χ1) is 20.6. The fraction of sp³-hybridized carbons (Fsp3) is 0.727. The van der Waals surface area contributed by atoms with Crippen LogP contribution in [0.5, 0.6) is 0 Å². The molecule has 42 heavy (non-hydrogen) atoms. The number of unbranched alkanes of at least 4 members (excludes halogenated alkanes) is 15. The molecule has 4 amide bonds. The Labute approximate surface area is 253 Å². The predicted octanol–water partition coefficient (Wildman–Crippen LogP) is 6.53. The van der Waals surface area contributed by atoms with Gasteiger partial charge in [0, 0.05) is 44.7 Å². The lowest BCUT2D eigenvalue weighted by atomic mass is 10.0. The number of carbonyl (C=O) groups is 3. The summed E-state index contributed by atoms with van der Waals surface area (Å²) < 4.78 is 0. The molecule has 0 radical (unpaired) electrons. The van der Waals surface area contributed by atoms with E-state index in [1.54, 1.807) is 4.90 Å². The van der Waals surface area contributed by atoms with E-state index in [-0.39, 0.29) is 18.1 Å². The van der Waals surface area contributed by atoms with Crippen LogP contribution in [0, 0.1) is 0 Å². The number of piperazine rings is 1. The second-order valence-electron chi connectivity index (χ2n) is 11.9. The Kier molecular flexibility index (Phi) is 16.2. The molecule has 2 saturated heterocycles. The molecule has 3 N–H and O–H groups in total. The van der Waals surface area contributed by atoms with Crippen molar-refractivity contribution in [3.8, 4) is 0 Å². The van der Waals surface area contributed by atoms with Crippen LogP contribution in [0.4, 0.5) is 9.59 Å². The van der Waals surface area contributed by atoms with Gasteiger partial charge in [0.15, 0.2) is 0 Å². The van der Waals surface area contributed by atoms with E-state index in [2.05, 4.69) is 27.9 Å². The molecule has 3 rings (SSSR count). The van der Waals surface area contributed by atoms with Crippen LogP contribution in [0.15, 0.2) is 24.3 Å². The normalized spacial score (nSPS) is 16.8. The van der Waals surface area contributed by atoms with Gasteiger partial charge in [-0.2, -0.15) is 0 Å². The van der Waals surface area contributed by atoms with Gasteiger partial charge in [-0.3, -0.25) is 4.79 Å². The Morgan fingerprint density at radius 1 is 0.762 bits per heavy atom. The molecule has 1 unspecified atom stereocenters. The van der Waals surface area contributed by atoms with Crippen molar-refractivity contribution < 1.29 is 19.2 Å². The van der Waals surface area contributed by atoms with Crippen LogP contribution < -0.4 is 16.1 Å². The van der Waals surface area contributed by atoms with Crippen molar-refractivity contribution in [1.82, 2.24) is 25.9 Å². The van der Waals surface area contributed by atoms with Crippen molar-refractivity contribution in [3.63, 3.8) is 0 Å². The molecule has 0 saturated carbocycles. The van der Waals surface area contributed by atoms with Crippen molar-refractivity contribution in [2.24, 2.45) is 0 Å². The van der Waals surface area contributed by atoms with E-state index in [0.29, 0.717) is 38.2 Å². The minimum absolute atomic E-state index is 0.0228. The highest BCUT2D eigenvalue weighted by atomic mass is 16.7. The van der Waals surface area contributed by atoms with Gasteiger partial charge in [0.1, 0.15) is 6.17 Å². The van der Waals surface area contributed by atoms with Crippen LogP contribution in [0.3, 0.4) is 0 Å². The third-order valence-corrected chi connectivity index (χ3v) is 8.39. The molecule has 0 bridgehead atoms. The molecule has 236 valence electrons. The quantitative estimate of drug-likeness (QED) is 0.151. The number of hydroxylamine groups is 1. The first-order valence-corrected chi connectivity index (χ1v) is 16.7. The zero-order valence-corrected chi connectivity index (χ0v) is 26.0. The summed E-state index contributed by atoms with van der Waals surface area (Å²) in [5.41, 5.74) is 4.24. The first-order valence-electron chi connectivity index (χ1n) is 16.7. The van der Waals surface area contributed by atoms with E-state index in [1.807, 2.05) is 29.2 Å². The molecule has 9 heteroatoms. The third-order valence-electron chi connectivity index (χ3n) is 8.39. The van der Waals surface area contributed by atoms with E-state index >= 15 is 0 Å². The summed E-state index contributed by atoms with van der Waals surface area (Å²) in [5, 5.41) is 5.72. The number of nitrogens with zero attached hydrogens (tertiary/aromatic N) is 2. The zero-order chi connectivity index (χ0) is 29.8. The molecule has 1 atom stereocenters. The molecule has 0 aromatic heterocycles. The van der Waals surface area contributed by atoms with Gasteiger partial charge in [-0.1, -0.05) is 115 Å². The number of carbonyl (C=O) groups excluding carboxylic acids is 3. The summed E-state index contributed by atoms with van der Waals surface area (Å²) in [6, 6.07) is 7.38. The molecule has 1 aromatic carbocycles. The predicted molar refractivity (Wildman–Crippen MR) is 167 cm³/mol. The summed E-state index contributed by atoms with van der Waals surface area (Å²) in [7, 11) is 0. The highest BCUT2D eigenvalue weighted by molar-refractivity contribution is 5.94. The Morgan fingerprint density at radius 3 is 1.76 bits per heavy atom. The summed E-state index contributed by atoms with van der Waals surface area (Å²) in [5.74, 6) is -0.0228. The molecule has 1 aromatic rings. The van der Waals surface area contributed by atoms with Crippen molar-refractivity contribution in [1.29, 1.82) is 0 Å². The van der Waals surface area contributed by atoms with Crippen LogP contribution in [0.2, 0.25) is 0 Å². The fourth-order valence-electron chi connectivity index (χ4n) is 5.71. The smallest absolute Gasteiger partial charge is 0.352 e. The Hall–Kier alpha value is -2.81. The van der Waals surface area contributed by atoms with E-state index in [4.69, 9.17) is 0 Å². The second kappa shape index (κ2) is 20.2. The summed E-state index contributed by atoms with van der Waals surface area (Å²) in [4.78, 5) is 44.9. The largest absolute Gasteiger partial charge is 0.427 e. The topological polar surface area (TPSA) is 103 Å². The second-order valence-corrected chi connectivity index (χ2v) is 11.9.